The van der Waals surface area contributed by atoms with Gasteiger partial charge in [-0.2, -0.15) is 0 Å². The molecule has 1 fully saturated rings. The van der Waals surface area contributed by atoms with Crippen molar-refractivity contribution in [3.8, 4) is 5.75 Å². The Morgan fingerprint density at radius 2 is 2.12 bits per heavy atom. The predicted molar refractivity (Wildman–Crippen MR) is 101 cm³/mol. The molecule has 1 atom stereocenters. The second kappa shape index (κ2) is 9.51. The van der Waals surface area contributed by atoms with E-state index in [1.54, 1.807) is 19.2 Å². The third kappa shape index (κ3) is 6.12. The molecule has 1 saturated heterocycles. The number of amides is 1. The number of nitrogens with one attached hydrogen (secondary N) is 2. The number of hydrogen-bond donors (Lipinski definition) is 2. The van der Waals surface area contributed by atoms with Gasteiger partial charge in [0.2, 0.25) is 5.91 Å². The summed E-state index contributed by atoms with van der Waals surface area (Å²) in [6.07, 6.45) is 0.931. The first-order chi connectivity index (χ1) is 12.0. The van der Waals surface area contributed by atoms with E-state index in [0.29, 0.717) is 18.2 Å². The molecule has 2 rings (SSSR count). The molecule has 1 heterocycles. The minimum atomic E-state index is 0.0428. The zero-order chi connectivity index (χ0) is 18.2. The van der Waals surface area contributed by atoms with Crippen LogP contribution in [0.3, 0.4) is 0 Å². The van der Waals surface area contributed by atoms with Crippen LogP contribution >= 0.6 is 11.6 Å². The van der Waals surface area contributed by atoms with Crippen molar-refractivity contribution in [2.75, 3.05) is 33.3 Å². The van der Waals surface area contributed by atoms with Gasteiger partial charge in [-0.05, 0) is 30.7 Å². The molecule has 1 amide bonds. The van der Waals surface area contributed by atoms with Crippen molar-refractivity contribution in [1.82, 2.24) is 15.5 Å². The van der Waals surface area contributed by atoms with Crippen molar-refractivity contribution in [2.24, 2.45) is 10.9 Å². The van der Waals surface area contributed by atoms with Crippen LogP contribution in [0.5, 0.6) is 5.75 Å². The number of hydrogen-bond acceptors (Lipinski definition) is 3. The summed E-state index contributed by atoms with van der Waals surface area (Å²) in [6.45, 7) is 6.54. The third-order valence-corrected chi connectivity index (χ3v) is 4.29. The Bertz CT molecular complexity index is 589. The van der Waals surface area contributed by atoms with Crippen LogP contribution in [-0.4, -0.2) is 56.1 Å². The normalized spacial score (nSPS) is 17.7. The van der Waals surface area contributed by atoms with Gasteiger partial charge in [0.15, 0.2) is 5.96 Å². The van der Waals surface area contributed by atoms with Crippen LogP contribution < -0.4 is 15.4 Å². The maximum Gasteiger partial charge on any atom is 0.225 e. The Labute approximate surface area is 154 Å². The van der Waals surface area contributed by atoms with Crippen LogP contribution in [0.15, 0.2) is 29.3 Å². The molecule has 1 aliphatic heterocycles. The topological polar surface area (TPSA) is 66.0 Å². The Balaban J connectivity index is 1.69. The summed E-state index contributed by atoms with van der Waals surface area (Å²) in [5, 5.41) is 7.29. The van der Waals surface area contributed by atoms with Gasteiger partial charge < -0.3 is 20.3 Å². The highest BCUT2D eigenvalue weighted by Gasteiger charge is 2.27. The lowest BCUT2D eigenvalue weighted by atomic mass is 10.2. The number of aliphatic imine (C=N–C) groups is 1. The molecule has 2 N–H and O–H groups in total. The van der Waals surface area contributed by atoms with Crippen molar-refractivity contribution in [3.63, 3.8) is 0 Å². The Morgan fingerprint density at radius 3 is 2.76 bits per heavy atom. The van der Waals surface area contributed by atoms with Gasteiger partial charge in [-0.3, -0.25) is 9.79 Å². The molecule has 25 heavy (non-hydrogen) atoms. The standard InChI is InChI=1S/C18H27ClN4O2/c1-13(2)17(24)23-10-8-15(12-23)22-18(20-3)21-9-11-25-16-6-4-14(19)5-7-16/h4-7,13,15H,8-12H2,1-3H3,(H2,20,21,22). The average molecular weight is 367 g/mol. The number of halogens is 1. The molecule has 1 unspecified atom stereocenters. The highest BCUT2D eigenvalue weighted by molar-refractivity contribution is 6.30. The van der Waals surface area contributed by atoms with E-state index in [2.05, 4.69) is 15.6 Å². The molecule has 0 radical (unpaired) electrons. The number of nitrogens with zero attached hydrogens (tertiary/aromatic N) is 2. The van der Waals surface area contributed by atoms with Gasteiger partial charge >= 0.3 is 0 Å². The fraction of sp³-hybridized carbons (Fsp3) is 0.556. The van der Waals surface area contributed by atoms with Crippen LogP contribution in [0.25, 0.3) is 0 Å². The number of carbonyl (C=O) groups excluding carboxylic acids is 1. The summed E-state index contributed by atoms with van der Waals surface area (Å²) in [5.74, 6) is 1.76. The van der Waals surface area contributed by atoms with Gasteiger partial charge in [0.25, 0.3) is 0 Å². The summed E-state index contributed by atoms with van der Waals surface area (Å²) in [6, 6.07) is 7.51. The van der Waals surface area contributed by atoms with Crippen LogP contribution in [0.2, 0.25) is 5.02 Å². The summed E-state index contributed by atoms with van der Waals surface area (Å²) < 4.78 is 5.64. The van der Waals surface area contributed by atoms with Crippen LogP contribution in [-0.2, 0) is 4.79 Å². The lowest BCUT2D eigenvalue weighted by Gasteiger charge is -2.20. The second-order valence-corrected chi connectivity index (χ2v) is 6.81. The van der Waals surface area contributed by atoms with E-state index in [1.807, 2.05) is 30.9 Å². The van der Waals surface area contributed by atoms with Crippen molar-refractivity contribution in [2.45, 2.75) is 26.3 Å². The molecule has 0 aromatic heterocycles. The largest absolute Gasteiger partial charge is 0.492 e. The fourth-order valence-electron chi connectivity index (χ4n) is 2.70. The monoisotopic (exact) mass is 366 g/mol. The van der Waals surface area contributed by atoms with E-state index < -0.39 is 0 Å². The van der Waals surface area contributed by atoms with E-state index in [1.165, 1.54) is 0 Å². The van der Waals surface area contributed by atoms with Gasteiger partial charge in [0, 0.05) is 37.1 Å². The molecule has 138 valence electrons. The molecule has 6 nitrogen and oxygen atoms in total. The maximum absolute atomic E-state index is 12.0. The van der Waals surface area contributed by atoms with Gasteiger partial charge in [-0.15, -0.1) is 0 Å². The number of likely N-dealkylation sites (tertiary alicyclic amines) is 1. The Morgan fingerprint density at radius 1 is 1.40 bits per heavy atom. The number of rotatable bonds is 6. The first-order valence-electron chi connectivity index (χ1n) is 8.64. The lowest BCUT2D eigenvalue weighted by molar-refractivity contribution is -0.133. The molecule has 0 spiro atoms. The van der Waals surface area contributed by atoms with E-state index in [-0.39, 0.29) is 17.9 Å². The second-order valence-electron chi connectivity index (χ2n) is 6.37. The molecular formula is C18H27ClN4O2. The molecule has 0 saturated carbocycles. The van der Waals surface area contributed by atoms with E-state index in [4.69, 9.17) is 16.3 Å². The molecule has 0 bridgehead atoms. The minimum Gasteiger partial charge on any atom is -0.492 e. The maximum atomic E-state index is 12.0. The summed E-state index contributed by atoms with van der Waals surface area (Å²) in [4.78, 5) is 18.2. The molecule has 1 aliphatic rings. The van der Waals surface area contributed by atoms with E-state index >= 15 is 0 Å². The van der Waals surface area contributed by atoms with Gasteiger partial charge in [-0.1, -0.05) is 25.4 Å². The third-order valence-electron chi connectivity index (χ3n) is 4.04. The molecule has 7 heteroatoms. The molecular weight excluding hydrogens is 340 g/mol. The van der Waals surface area contributed by atoms with Crippen LogP contribution in [0.1, 0.15) is 20.3 Å². The van der Waals surface area contributed by atoms with E-state index in [0.717, 1.165) is 31.2 Å². The number of guanidine groups is 1. The van der Waals surface area contributed by atoms with E-state index in [9.17, 15) is 4.79 Å². The van der Waals surface area contributed by atoms with Gasteiger partial charge in [0.05, 0.1) is 6.54 Å². The van der Waals surface area contributed by atoms with Crippen molar-refractivity contribution in [3.05, 3.63) is 29.3 Å². The SMILES string of the molecule is CN=C(NCCOc1ccc(Cl)cc1)NC1CCN(C(=O)C(C)C)C1. The smallest absolute Gasteiger partial charge is 0.225 e. The number of carbonyl (C=O) groups is 1. The summed E-state index contributed by atoms with van der Waals surface area (Å²) in [7, 11) is 1.74. The average Bonchev–Trinajstić information content (AvgIpc) is 3.06. The lowest BCUT2D eigenvalue weighted by Crippen LogP contribution is -2.46. The van der Waals surface area contributed by atoms with Crippen molar-refractivity contribution >= 4 is 23.5 Å². The van der Waals surface area contributed by atoms with Gasteiger partial charge in [0.1, 0.15) is 12.4 Å². The Kier molecular flexibility index (Phi) is 7.37. The predicted octanol–water partition coefficient (Wildman–Crippen LogP) is 2.14. The minimum absolute atomic E-state index is 0.0428. The molecule has 1 aromatic rings. The fourth-order valence-corrected chi connectivity index (χ4v) is 2.83. The first-order valence-corrected chi connectivity index (χ1v) is 9.01. The van der Waals surface area contributed by atoms with Crippen LogP contribution in [0.4, 0.5) is 0 Å². The summed E-state index contributed by atoms with van der Waals surface area (Å²) >= 11 is 5.84. The quantitative estimate of drug-likeness (QED) is 0.460. The van der Waals surface area contributed by atoms with Crippen molar-refractivity contribution < 1.29 is 9.53 Å². The van der Waals surface area contributed by atoms with Crippen molar-refractivity contribution in [1.29, 1.82) is 0 Å². The summed E-state index contributed by atoms with van der Waals surface area (Å²) in [5.41, 5.74) is 0. The van der Waals surface area contributed by atoms with Gasteiger partial charge in [-0.25, -0.2) is 0 Å². The highest BCUT2D eigenvalue weighted by Crippen LogP contribution is 2.15. The number of benzene rings is 1. The van der Waals surface area contributed by atoms with Crippen LogP contribution in [0, 0.1) is 5.92 Å². The Hall–Kier alpha value is -1.95. The first kappa shape index (κ1) is 19.4. The number of ether oxygens (including phenoxy) is 1. The zero-order valence-corrected chi connectivity index (χ0v) is 15.8. The zero-order valence-electron chi connectivity index (χ0n) is 15.1. The highest BCUT2D eigenvalue weighted by atomic mass is 35.5. The molecule has 1 aromatic carbocycles. The molecule has 0 aliphatic carbocycles.